The average Bonchev–Trinajstić information content (AvgIpc) is 2.51. The van der Waals surface area contributed by atoms with Crippen LogP contribution in [0.15, 0.2) is 18.2 Å². The lowest BCUT2D eigenvalue weighted by Gasteiger charge is -2.27. The zero-order valence-electron chi connectivity index (χ0n) is 15.4. The van der Waals surface area contributed by atoms with Crippen molar-refractivity contribution in [2.75, 3.05) is 4.31 Å². The van der Waals surface area contributed by atoms with Crippen LogP contribution in [0.5, 0.6) is 0 Å². The van der Waals surface area contributed by atoms with Gasteiger partial charge in [-0.1, -0.05) is 78.5 Å². The van der Waals surface area contributed by atoms with Crippen molar-refractivity contribution in [3.8, 4) is 0 Å². The maximum Gasteiger partial charge on any atom is 0.332 e. The molecule has 0 aliphatic rings. The fraction of sp³-hybridized carbons (Fsp3) is 0.632. The van der Waals surface area contributed by atoms with Crippen molar-refractivity contribution in [1.82, 2.24) is 5.32 Å². The van der Waals surface area contributed by atoms with E-state index in [9.17, 15) is 4.79 Å². The van der Waals surface area contributed by atoms with Crippen LogP contribution in [0.1, 0.15) is 83.8 Å². The average molecular weight is 337 g/mol. The van der Waals surface area contributed by atoms with E-state index in [1.165, 1.54) is 4.31 Å². The van der Waals surface area contributed by atoms with E-state index in [0.717, 1.165) is 36.1 Å². The summed E-state index contributed by atoms with van der Waals surface area (Å²) in [5, 5.41) is 3.06. The quantitative estimate of drug-likeness (QED) is 0.599. The van der Waals surface area contributed by atoms with Gasteiger partial charge in [0, 0.05) is 6.04 Å². The second kappa shape index (κ2) is 9.21. The third-order valence-corrected chi connectivity index (χ3v) is 4.49. The lowest BCUT2D eigenvalue weighted by atomic mass is 9.92. The minimum atomic E-state index is -0.146. The number of rotatable bonds is 7. The standard InChI is InChI=1S/C19H32N2OS/c1-7-8-10-15(6)20-19(22)21(23)18-16(13(2)3)11-9-12-17(18)14(4)5/h9,11-15,23H,7-8,10H2,1-6H3,(H,20,22). The Hall–Kier alpha value is -1.16. The van der Waals surface area contributed by atoms with E-state index in [-0.39, 0.29) is 12.1 Å². The van der Waals surface area contributed by atoms with Gasteiger partial charge in [-0.3, -0.25) is 0 Å². The fourth-order valence-electron chi connectivity index (χ4n) is 2.71. The Balaban J connectivity index is 3.05. The van der Waals surface area contributed by atoms with E-state index in [0.29, 0.717) is 11.8 Å². The number of nitrogens with one attached hydrogen (secondary N) is 1. The molecule has 23 heavy (non-hydrogen) atoms. The highest BCUT2D eigenvalue weighted by Crippen LogP contribution is 2.36. The molecule has 0 saturated heterocycles. The first-order valence-corrected chi connectivity index (χ1v) is 9.11. The Bertz CT molecular complexity index is 488. The number of para-hydroxylation sites is 1. The van der Waals surface area contributed by atoms with Gasteiger partial charge in [-0.05, 0) is 36.3 Å². The zero-order chi connectivity index (χ0) is 17.6. The maximum atomic E-state index is 12.6. The lowest BCUT2D eigenvalue weighted by Crippen LogP contribution is -2.40. The Labute approximate surface area is 147 Å². The molecule has 1 atom stereocenters. The van der Waals surface area contributed by atoms with Gasteiger partial charge in [0.1, 0.15) is 0 Å². The van der Waals surface area contributed by atoms with E-state index in [1.54, 1.807) is 0 Å². The number of nitrogens with zero attached hydrogens (tertiary/aromatic N) is 1. The summed E-state index contributed by atoms with van der Waals surface area (Å²) in [5.41, 5.74) is 3.24. The molecule has 0 bridgehead atoms. The largest absolute Gasteiger partial charge is 0.335 e. The first-order valence-electron chi connectivity index (χ1n) is 8.71. The molecule has 3 nitrogen and oxygen atoms in total. The number of urea groups is 1. The van der Waals surface area contributed by atoms with Crippen molar-refractivity contribution >= 4 is 24.5 Å². The number of amides is 2. The van der Waals surface area contributed by atoms with Crippen molar-refractivity contribution in [1.29, 1.82) is 0 Å². The molecule has 4 heteroatoms. The summed E-state index contributed by atoms with van der Waals surface area (Å²) >= 11 is 4.53. The van der Waals surface area contributed by atoms with E-state index in [1.807, 2.05) is 6.92 Å². The Morgan fingerprint density at radius 3 is 2.09 bits per heavy atom. The minimum absolute atomic E-state index is 0.146. The minimum Gasteiger partial charge on any atom is -0.335 e. The molecule has 2 amide bonds. The molecule has 0 heterocycles. The molecule has 1 aromatic rings. The second-order valence-corrected chi connectivity index (χ2v) is 7.30. The number of carbonyl (C=O) groups is 1. The monoisotopic (exact) mass is 336 g/mol. The zero-order valence-corrected chi connectivity index (χ0v) is 16.3. The molecule has 0 saturated carbocycles. The van der Waals surface area contributed by atoms with Gasteiger partial charge >= 0.3 is 6.03 Å². The van der Waals surface area contributed by atoms with Gasteiger partial charge in [0.2, 0.25) is 0 Å². The third-order valence-electron chi connectivity index (χ3n) is 4.11. The van der Waals surface area contributed by atoms with E-state index >= 15 is 0 Å². The molecule has 1 N–H and O–H groups in total. The molecule has 0 fully saturated rings. The molecule has 1 unspecified atom stereocenters. The van der Waals surface area contributed by atoms with Gasteiger partial charge in [0.15, 0.2) is 0 Å². The molecular formula is C19H32N2OS. The van der Waals surface area contributed by atoms with Crippen molar-refractivity contribution in [2.24, 2.45) is 0 Å². The topological polar surface area (TPSA) is 32.3 Å². The second-order valence-electron chi connectivity index (χ2n) is 6.90. The van der Waals surface area contributed by atoms with Gasteiger partial charge in [-0.2, -0.15) is 0 Å². The Kier molecular flexibility index (Phi) is 7.97. The molecule has 0 radical (unpaired) electrons. The first kappa shape index (κ1) is 19.9. The van der Waals surface area contributed by atoms with Crippen LogP contribution in [0.2, 0.25) is 0 Å². The SMILES string of the molecule is CCCCC(C)NC(=O)N(S)c1c(C(C)C)cccc1C(C)C. The van der Waals surface area contributed by atoms with Gasteiger partial charge in [0.25, 0.3) is 0 Å². The smallest absolute Gasteiger partial charge is 0.332 e. The van der Waals surface area contributed by atoms with Crippen molar-refractivity contribution in [2.45, 2.75) is 78.7 Å². The van der Waals surface area contributed by atoms with E-state index in [2.05, 4.69) is 70.9 Å². The maximum absolute atomic E-state index is 12.6. The van der Waals surface area contributed by atoms with E-state index < -0.39 is 0 Å². The lowest BCUT2D eigenvalue weighted by molar-refractivity contribution is 0.246. The molecule has 1 rings (SSSR count). The van der Waals surface area contributed by atoms with Gasteiger partial charge in [-0.15, -0.1) is 0 Å². The molecule has 0 aliphatic heterocycles. The summed E-state index contributed by atoms with van der Waals surface area (Å²) in [6, 6.07) is 6.25. The van der Waals surface area contributed by atoms with Crippen LogP contribution in [0.25, 0.3) is 0 Å². The summed E-state index contributed by atoms with van der Waals surface area (Å²) in [4.78, 5) is 12.6. The van der Waals surface area contributed by atoms with Gasteiger partial charge in [-0.25, -0.2) is 9.10 Å². The molecule has 0 spiro atoms. The molecule has 130 valence electrons. The third kappa shape index (κ3) is 5.45. The molecule has 0 aromatic heterocycles. The number of carbonyl (C=O) groups excluding carboxylic acids is 1. The van der Waals surface area contributed by atoms with Crippen LogP contribution >= 0.6 is 12.8 Å². The highest BCUT2D eigenvalue weighted by molar-refractivity contribution is 7.82. The summed E-state index contributed by atoms with van der Waals surface area (Å²) in [6.45, 7) is 12.8. The molecule has 1 aromatic carbocycles. The van der Waals surface area contributed by atoms with E-state index in [4.69, 9.17) is 0 Å². The number of thiol groups is 1. The predicted octanol–water partition coefficient (Wildman–Crippen LogP) is 5.87. The predicted molar refractivity (Wildman–Crippen MR) is 104 cm³/mol. The van der Waals surface area contributed by atoms with Crippen LogP contribution in [0.3, 0.4) is 0 Å². The van der Waals surface area contributed by atoms with Gasteiger partial charge in [0.05, 0.1) is 5.69 Å². The number of hydrogen-bond donors (Lipinski definition) is 2. The van der Waals surface area contributed by atoms with Crippen molar-refractivity contribution < 1.29 is 4.79 Å². The summed E-state index contributed by atoms with van der Waals surface area (Å²) < 4.78 is 1.49. The Morgan fingerprint density at radius 2 is 1.65 bits per heavy atom. The molecular weight excluding hydrogens is 304 g/mol. The summed E-state index contributed by atoms with van der Waals surface area (Å²) in [7, 11) is 0. The summed E-state index contributed by atoms with van der Waals surface area (Å²) in [5.74, 6) is 0.673. The molecule has 0 aliphatic carbocycles. The first-order chi connectivity index (χ1) is 10.8. The normalized spacial score (nSPS) is 12.6. The summed E-state index contributed by atoms with van der Waals surface area (Å²) in [6.07, 6.45) is 3.25. The van der Waals surface area contributed by atoms with Crippen molar-refractivity contribution in [3.63, 3.8) is 0 Å². The number of unbranched alkanes of at least 4 members (excludes halogenated alkanes) is 1. The van der Waals surface area contributed by atoms with Gasteiger partial charge < -0.3 is 5.32 Å². The number of anilines is 1. The number of benzene rings is 1. The number of hydrogen-bond acceptors (Lipinski definition) is 2. The fourth-order valence-corrected chi connectivity index (χ4v) is 3.00. The highest BCUT2D eigenvalue weighted by Gasteiger charge is 2.22. The highest BCUT2D eigenvalue weighted by atomic mass is 32.1. The van der Waals surface area contributed by atoms with Crippen LogP contribution < -0.4 is 9.62 Å². The van der Waals surface area contributed by atoms with Crippen LogP contribution in [0, 0.1) is 0 Å². The van der Waals surface area contributed by atoms with Crippen LogP contribution in [0.4, 0.5) is 10.5 Å². The van der Waals surface area contributed by atoms with Crippen molar-refractivity contribution in [3.05, 3.63) is 29.3 Å². The van der Waals surface area contributed by atoms with Crippen LogP contribution in [-0.2, 0) is 0 Å². The van der Waals surface area contributed by atoms with Crippen LogP contribution in [-0.4, -0.2) is 12.1 Å². The Morgan fingerprint density at radius 1 is 1.13 bits per heavy atom.